The molecular weight excluding hydrogens is 327 g/mol. The van der Waals surface area contributed by atoms with Crippen molar-refractivity contribution in [1.29, 1.82) is 0 Å². The third kappa shape index (κ3) is 3.70. The number of carbonyl (C=O) groups is 1. The van der Waals surface area contributed by atoms with Crippen molar-refractivity contribution in [3.63, 3.8) is 0 Å². The Bertz CT molecular complexity index is 484. The molecular formula is C14H18BrFN2O2. The number of hydrogen-bond donors (Lipinski definition) is 1. The molecule has 1 aromatic carbocycles. The predicted octanol–water partition coefficient (Wildman–Crippen LogP) is 2.31. The van der Waals surface area contributed by atoms with E-state index in [0.717, 1.165) is 19.3 Å². The van der Waals surface area contributed by atoms with Crippen molar-refractivity contribution < 1.29 is 13.9 Å². The second kappa shape index (κ2) is 7.04. The second-order valence-electron chi connectivity index (χ2n) is 4.84. The highest BCUT2D eigenvalue weighted by Gasteiger charge is 2.25. The molecule has 1 heterocycles. The van der Waals surface area contributed by atoms with E-state index in [0.29, 0.717) is 17.6 Å². The largest absolute Gasteiger partial charge is 0.481 e. The minimum Gasteiger partial charge on any atom is -0.481 e. The molecule has 0 spiro atoms. The summed E-state index contributed by atoms with van der Waals surface area (Å²) in [5.41, 5.74) is 5.68. The van der Waals surface area contributed by atoms with E-state index in [1.165, 1.54) is 12.1 Å². The fraction of sp³-hybridized carbons (Fsp3) is 0.500. The fourth-order valence-corrected chi connectivity index (χ4v) is 2.72. The SMILES string of the molecule is NC[C@@H]1CCCCN1C(=O)COc1ccc(Br)cc1F. The Morgan fingerprint density at radius 2 is 2.30 bits per heavy atom. The molecule has 1 amide bonds. The summed E-state index contributed by atoms with van der Waals surface area (Å²) >= 11 is 3.17. The summed E-state index contributed by atoms with van der Waals surface area (Å²) in [6.45, 7) is 1.00. The van der Waals surface area contributed by atoms with Crippen molar-refractivity contribution in [3.8, 4) is 5.75 Å². The molecule has 6 heteroatoms. The molecule has 0 aliphatic carbocycles. The van der Waals surface area contributed by atoms with Crippen LogP contribution >= 0.6 is 15.9 Å². The molecule has 1 fully saturated rings. The Morgan fingerprint density at radius 1 is 1.50 bits per heavy atom. The summed E-state index contributed by atoms with van der Waals surface area (Å²) in [7, 11) is 0. The zero-order chi connectivity index (χ0) is 14.5. The lowest BCUT2D eigenvalue weighted by atomic mass is 10.0. The molecule has 1 aliphatic rings. The Kier molecular flexibility index (Phi) is 5.37. The number of benzene rings is 1. The van der Waals surface area contributed by atoms with Gasteiger partial charge in [-0.15, -0.1) is 0 Å². The highest BCUT2D eigenvalue weighted by Crippen LogP contribution is 2.22. The summed E-state index contributed by atoms with van der Waals surface area (Å²) in [6, 6.07) is 4.56. The average molecular weight is 345 g/mol. The first-order chi connectivity index (χ1) is 9.61. The minimum absolute atomic E-state index is 0.0783. The van der Waals surface area contributed by atoms with Gasteiger partial charge in [0.05, 0.1) is 0 Å². The second-order valence-corrected chi connectivity index (χ2v) is 5.75. The lowest BCUT2D eigenvalue weighted by Gasteiger charge is -2.34. The van der Waals surface area contributed by atoms with Gasteiger partial charge >= 0.3 is 0 Å². The van der Waals surface area contributed by atoms with E-state index in [2.05, 4.69) is 15.9 Å². The number of halogens is 2. The van der Waals surface area contributed by atoms with Gasteiger partial charge in [-0.1, -0.05) is 15.9 Å². The van der Waals surface area contributed by atoms with Crippen LogP contribution in [0.5, 0.6) is 5.75 Å². The fourth-order valence-electron chi connectivity index (χ4n) is 2.39. The summed E-state index contributed by atoms with van der Waals surface area (Å²) in [6.07, 6.45) is 3.00. The van der Waals surface area contributed by atoms with Crippen LogP contribution in [0.2, 0.25) is 0 Å². The topological polar surface area (TPSA) is 55.6 Å². The maximum absolute atomic E-state index is 13.6. The van der Waals surface area contributed by atoms with Crippen molar-refractivity contribution in [3.05, 3.63) is 28.5 Å². The van der Waals surface area contributed by atoms with Crippen molar-refractivity contribution in [2.75, 3.05) is 19.7 Å². The van der Waals surface area contributed by atoms with Gasteiger partial charge in [0.15, 0.2) is 18.2 Å². The van der Waals surface area contributed by atoms with Crippen LogP contribution < -0.4 is 10.5 Å². The zero-order valence-corrected chi connectivity index (χ0v) is 12.7. The van der Waals surface area contributed by atoms with E-state index in [4.69, 9.17) is 10.5 Å². The molecule has 1 aliphatic heterocycles. The number of carbonyl (C=O) groups excluding carboxylic acids is 1. The highest BCUT2D eigenvalue weighted by molar-refractivity contribution is 9.10. The number of ether oxygens (including phenoxy) is 1. The van der Waals surface area contributed by atoms with Crippen LogP contribution in [0.15, 0.2) is 22.7 Å². The molecule has 0 radical (unpaired) electrons. The van der Waals surface area contributed by atoms with Crippen LogP contribution in [0.25, 0.3) is 0 Å². The smallest absolute Gasteiger partial charge is 0.260 e. The Morgan fingerprint density at radius 3 is 3.00 bits per heavy atom. The maximum Gasteiger partial charge on any atom is 0.260 e. The van der Waals surface area contributed by atoms with Gasteiger partial charge in [0.25, 0.3) is 5.91 Å². The van der Waals surface area contributed by atoms with Crippen LogP contribution in [0.4, 0.5) is 4.39 Å². The van der Waals surface area contributed by atoms with E-state index in [1.54, 1.807) is 11.0 Å². The maximum atomic E-state index is 13.6. The lowest BCUT2D eigenvalue weighted by Crippen LogP contribution is -2.49. The summed E-state index contributed by atoms with van der Waals surface area (Å²) in [5.74, 6) is -0.536. The molecule has 1 saturated heterocycles. The quantitative estimate of drug-likeness (QED) is 0.911. The molecule has 110 valence electrons. The lowest BCUT2D eigenvalue weighted by molar-refractivity contribution is -0.136. The van der Waals surface area contributed by atoms with Gasteiger partial charge in [-0.05, 0) is 37.5 Å². The van der Waals surface area contributed by atoms with Crippen LogP contribution in [-0.2, 0) is 4.79 Å². The van der Waals surface area contributed by atoms with Crippen LogP contribution in [0.3, 0.4) is 0 Å². The number of rotatable bonds is 4. The number of likely N-dealkylation sites (tertiary alicyclic amines) is 1. The van der Waals surface area contributed by atoms with Crippen LogP contribution in [-0.4, -0.2) is 36.5 Å². The number of nitrogens with two attached hydrogens (primary N) is 1. The van der Waals surface area contributed by atoms with Crippen LogP contribution in [0.1, 0.15) is 19.3 Å². The van der Waals surface area contributed by atoms with Gasteiger partial charge in [-0.25, -0.2) is 4.39 Å². The van der Waals surface area contributed by atoms with E-state index in [1.807, 2.05) is 0 Å². The van der Waals surface area contributed by atoms with E-state index >= 15 is 0 Å². The number of hydrogen-bond acceptors (Lipinski definition) is 3. The monoisotopic (exact) mass is 344 g/mol. The normalized spacial score (nSPS) is 18.9. The van der Waals surface area contributed by atoms with Gasteiger partial charge in [-0.2, -0.15) is 0 Å². The highest BCUT2D eigenvalue weighted by atomic mass is 79.9. The first-order valence-electron chi connectivity index (χ1n) is 6.69. The van der Waals surface area contributed by atoms with E-state index < -0.39 is 5.82 Å². The molecule has 0 aromatic heterocycles. The molecule has 2 rings (SSSR count). The van der Waals surface area contributed by atoms with E-state index in [-0.39, 0.29) is 24.3 Å². The summed E-state index contributed by atoms with van der Waals surface area (Å²) in [4.78, 5) is 13.9. The Hall–Kier alpha value is -1.14. The zero-order valence-electron chi connectivity index (χ0n) is 11.1. The molecule has 0 saturated carbocycles. The third-order valence-corrected chi connectivity index (χ3v) is 3.96. The van der Waals surface area contributed by atoms with Gasteiger partial charge < -0.3 is 15.4 Å². The molecule has 2 N–H and O–H groups in total. The van der Waals surface area contributed by atoms with Gasteiger partial charge in [0.1, 0.15) is 0 Å². The Balaban J connectivity index is 1.94. The molecule has 20 heavy (non-hydrogen) atoms. The van der Waals surface area contributed by atoms with Crippen LogP contribution in [0, 0.1) is 5.82 Å². The number of amides is 1. The number of piperidine rings is 1. The third-order valence-electron chi connectivity index (χ3n) is 3.46. The number of nitrogens with zero attached hydrogens (tertiary/aromatic N) is 1. The standard InChI is InChI=1S/C14H18BrFN2O2/c15-10-4-5-13(12(16)7-10)20-9-14(19)18-6-2-1-3-11(18)8-17/h4-5,7,11H,1-3,6,8-9,17H2/t11-/m0/s1. The first-order valence-corrected chi connectivity index (χ1v) is 7.48. The van der Waals surface area contributed by atoms with Crippen molar-refractivity contribution >= 4 is 21.8 Å². The van der Waals surface area contributed by atoms with Crippen molar-refractivity contribution in [2.45, 2.75) is 25.3 Å². The first kappa shape index (κ1) is 15.3. The molecule has 4 nitrogen and oxygen atoms in total. The molecule has 1 aromatic rings. The molecule has 0 bridgehead atoms. The Labute approximate surface area is 126 Å². The van der Waals surface area contributed by atoms with Crippen molar-refractivity contribution in [2.24, 2.45) is 5.73 Å². The van der Waals surface area contributed by atoms with Gasteiger partial charge in [0.2, 0.25) is 0 Å². The molecule has 1 atom stereocenters. The average Bonchev–Trinajstić information content (AvgIpc) is 2.46. The molecule has 0 unspecified atom stereocenters. The predicted molar refractivity (Wildman–Crippen MR) is 78.0 cm³/mol. The van der Waals surface area contributed by atoms with E-state index in [9.17, 15) is 9.18 Å². The van der Waals surface area contributed by atoms with Crippen molar-refractivity contribution in [1.82, 2.24) is 4.90 Å². The summed E-state index contributed by atoms with van der Waals surface area (Å²) in [5, 5.41) is 0. The minimum atomic E-state index is -0.485. The van der Waals surface area contributed by atoms with Gasteiger partial charge in [0, 0.05) is 23.6 Å². The summed E-state index contributed by atoms with van der Waals surface area (Å²) < 4.78 is 19.5. The van der Waals surface area contributed by atoms with Gasteiger partial charge in [-0.3, -0.25) is 4.79 Å².